The molecule has 0 aromatic carbocycles. The monoisotopic (exact) mass is 140 g/mol. The molecule has 27 valence electrons. The van der Waals surface area contributed by atoms with Crippen molar-refractivity contribution in [1.82, 2.24) is 0 Å². The molecule has 1 fully saturated rings. The average Bonchev–Trinajstić information content (AvgIpc) is 2.12. The first-order valence-corrected chi connectivity index (χ1v) is 4.84. The van der Waals surface area contributed by atoms with Crippen LogP contribution in [0.25, 0.3) is 0 Å². The molecule has 1 aliphatic heterocycles. The first-order valence-electron chi connectivity index (χ1n) is 0.946. The van der Waals surface area contributed by atoms with E-state index in [1.807, 2.05) is 0 Å². The molecule has 4 heteroatoms. The third-order valence-corrected chi connectivity index (χ3v) is 4.42. The summed E-state index contributed by atoms with van der Waals surface area (Å²) < 4.78 is 1.32. The normalized spacial score (nSPS) is 19.0. The van der Waals surface area contributed by atoms with Crippen LogP contribution in [-0.2, 0) is 10.4 Å². The van der Waals surface area contributed by atoms with E-state index in [0.717, 1.165) is 0 Å². The largest absolute Gasteiger partial charge is 0.331 e. The van der Waals surface area contributed by atoms with Gasteiger partial charge in [0.25, 0.3) is 0 Å². The third-order valence-electron chi connectivity index (χ3n) is 0.219. The van der Waals surface area contributed by atoms with Gasteiger partial charge in [-0.15, -0.1) is 0 Å². The molecule has 1 rings (SSSR count). The van der Waals surface area contributed by atoms with Crippen LogP contribution in [0.1, 0.15) is 0 Å². The Morgan fingerprint density at radius 3 is 2.20 bits per heavy atom. The zero-order valence-electron chi connectivity index (χ0n) is 2.13. The maximum absolute atomic E-state index is 4.58. The highest BCUT2D eigenvalue weighted by Gasteiger charge is 2.28. The van der Waals surface area contributed by atoms with Gasteiger partial charge in [0.1, 0.15) is 0 Å². The van der Waals surface area contributed by atoms with E-state index in [1.165, 1.54) is 13.9 Å². The number of rotatable bonds is 0. The van der Waals surface area contributed by atoms with E-state index in [2.05, 4.69) is 11.7 Å². The van der Waals surface area contributed by atoms with Crippen molar-refractivity contribution in [2.45, 2.75) is 0 Å². The molecule has 0 nitrogen and oxygen atoms in total. The summed E-state index contributed by atoms with van der Waals surface area (Å²) in [6.45, 7) is 0. The van der Waals surface area contributed by atoms with Crippen LogP contribution < -0.4 is 0 Å². The molecule has 0 bridgehead atoms. The fraction of sp³-hybridized carbons (Fsp3) is 0. The summed E-state index contributed by atoms with van der Waals surface area (Å²) in [4.78, 5) is 0. The lowest BCUT2D eigenvalue weighted by molar-refractivity contribution is 4.35. The van der Waals surface area contributed by atoms with Crippen LogP contribution in [0.3, 0.4) is 0 Å². The van der Waals surface area contributed by atoms with Gasteiger partial charge in [-0.3, -0.25) is 0 Å². The SMILES string of the molecule is [S][S+]=C1SS1. The van der Waals surface area contributed by atoms with Crippen LogP contribution in [0.15, 0.2) is 0 Å². The molecule has 0 atom stereocenters. The smallest absolute Gasteiger partial charge is 0.0246 e. The Labute approximate surface area is 47.3 Å². The van der Waals surface area contributed by atoms with Crippen LogP contribution in [0, 0.1) is 0 Å². The van der Waals surface area contributed by atoms with Crippen molar-refractivity contribution >= 4 is 47.2 Å². The molecule has 0 amide bonds. The van der Waals surface area contributed by atoms with Crippen molar-refractivity contribution < 1.29 is 0 Å². The second-order valence-corrected chi connectivity index (χ2v) is 4.50. The van der Waals surface area contributed by atoms with E-state index in [1.54, 1.807) is 21.6 Å². The van der Waals surface area contributed by atoms with Gasteiger partial charge < -0.3 is 0 Å². The minimum Gasteiger partial charge on any atom is 0.0246 e. The van der Waals surface area contributed by atoms with E-state index in [9.17, 15) is 0 Å². The molecule has 0 aromatic heterocycles. The van der Waals surface area contributed by atoms with Crippen LogP contribution in [0.5, 0.6) is 0 Å². The van der Waals surface area contributed by atoms with Gasteiger partial charge in [0.15, 0.2) is 0 Å². The predicted molar refractivity (Wildman–Crippen MR) is 35.1 cm³/mol. The Morgan fingerprint density at radius 1 is 1.60 bits per heavy atom. The van der Waals surface area contributed by atoms with Crippen LogP contribution in [0.4, 0.5) is 0 Å². The predicted octanol–water partition coefficient (Wildman–Crippen LogP) is 1.66. The van der Waals surface area contributed by atoms with Gasteiger partial charge >= 0.3 is 25.6 Å². The van der Waals surface area contributed by atoms with Gasteiger partial charge in [0.2, 0.25) is 0 Å². The van der Waals surface area contributed by atoms with Crippen LogP contribution in [-0.4, -0.2) is 3.53 Å². The molecule has 0 N–H and O–H groups in total. The Morgan fingerprint density at radius 2 is 2.20 bits per heavy atom. The highest BCUT2D eigenvalue weighted by molar-refractivity contribution is 9.14. The molecule has 1 aliphatic rings. The summed E-state index contributed by atoms with van der Waals surface area (Å²) in [5, 5.41) is 0. The summed E-state index contributed by atoms with van der Waals surface area (Å²) in [6, 6.07) is 0. The maximum atomic E-state index is 4.58. The Bertz CT molecular complexity index is 58.0. The van der Waals surface area contributed by atoms with Crippen molar-refractivity contribution in [1.29, 1.82) is 0 Å². The van der Waals surface area contributed by atoms with Gasteiger partial charge in [-0.25, -0.2) is 0 Å². The zero-order valence-corrected chi connectivity index (χ0v) is 5.40. The van der Waals surface area contributed by atoms with Gasteiger partial charge in [-0.2, -0.15) is 0 Å². The molecule has 0 aliphatic carbocycles. The lowest BCUT2D eigenvalue weighted by atomic mass is 11.9. The molecule has 1 saturated heterocycles. The fourth-order valence-electron chi connectivity index (χ4n) is 0.0448. The molecule has 0 aromatic rings. The lowest BCUT2D eigenvalue weighted by Crippen LogP contribution is -1.44. The first-order chi connectivity index (χ1) is 2.43. The number of hydrogen-bond acceptors (Lipinski definition) is 2. The minimum absolute atomic E-state index is 1.32. The second kappa shape index (κ2) is 1.73. The summed E-state index contributed by atoms with van der Waals surface area (Å²) in [6.07, 6.45) is 0. The highest BCUT2D eigenvalue weighted by Crippen LogP contribution is 2.46. The summed E-state index contributed by atoms with van der Waals surface area (Å²) in [5.74, 6) is 0. The topological polar surface area (TPSA) is 0 Å². The van der Waals surface area contributed by atoms with Crippen molar-refractivity contribution in [2.24, 2.45) is 0 Å². The van der Waals surface area contributed by atoms with E-state index >= 15 is 0 Å². The highest BCUT2D eigenvalue weighted by atomic mass is 33.2. The maximum Gasteiger partial charge on any atom is 0.331 e. The van der Waals surface area contributed by atoms with E-state index < -0.39 is 0 Å². The van der Waals surface area contributed by atoms with Gasteiger partial charge in [0.05, 0.1) is 0 Å². The molecule has 0 spiro atoms. The third kappa shape index (κ3) is 1.34. The Balaban J connectivity index is 2.46. The quantitative estimate of drug-likeness (QED) is 0.217. The van der Waals surface area contributed by atoms with Crippen LogP contribution in [0.2, 0.25) is 0 Å². The molecule has 1 heterocycles. The molecular formula is CS4+. The fourth-order valence-corrected chi connectivity index (χ4v) is 2.71. The van der Waals surface area contributed by atoms with Gasteiger partial charge in [0, 0.05) is 21.6 Å². The second-order valence-electron chi connectivity index (χ2n) is 0.500. The zero-order chi connectivity index (χ0) is 3.70. The van der Waals surface area contributed by atoms with E-state index in [4.69, 9.17) is 0 Å². The Hall–Kier alpha value is 1.14. The summed E-state index contributed by atoms with van der Waals surface area (Å²) in [7, 11) is 4.94. The summed E-state index contributed by atoms with van der Waals surface area (Å²) in [5.41, 5.74) is 0. The molecule has 0 saturated carbocycles. The van der Waals surface area contributed by atoms with Crippen molar-refractivity contribution in [3.8, 4) is 0 Å². The number of hydrogen-bond donors (Lipinski definition) is 0. The van der Waals surface area contributed by atoms with Crippen molar-refractivity contribution in [2.75, 3.05) is 0 Å². The first kappa shape index (κ1) is 4.30. The molecule has 0 unspecified atom stereocenters. The summed E-state index contributed by atoms with van der Waals surface area (Å²) >= 11 is 4.58. The van der Waals surface area contributed by atoms with E-state index in [0.29, 0.717) is 0 Å². The standard InChI is InChI=1S/CS4/c2-3-1-4-5-1/q+1. The molecule has 1 radical (unpaired) electrons. The molecular weight excluding hydrogens is 140 g/mol. The minimum atomic E-state index is 1.32. The van der Waals surface area contributed by atoms with Gasteiger partial charge in [-0.1, -0.05) is 0 Å². The van der Waals surface area contributed by atoms with Gasteiger partial charge in [-0.05, 0) is 0 Å². The molecule has 5 heavy (non-hydrogen) atoms. The van der Waals surface area contributed by atoms with Crippen molar-refractivity contribution in [3.05, 3.63) is 0 Å². The van der Waals surface area contributed by atoms with Crippen molar-refractivity contribution in [3.63, 3.8) is 0 Å². The Kier molecular flexibility index (Phi) is 1.49. The average molecular weight is 140 g/mol. The lowest BCUT2D eigenvalue weighted by Gasteiger charge is -1.18. The van der Waals surface area contributed by atoms with Crippen LogP contribution >= 0.6 is 33.2 Å². The van der Waals surface area contributed by atoms with E-state index in [-0.39, 0.29) is 0 Å².